The molecule has 1 heterocycles. The second kappa shape index (κ2) is 3.73. The van der Waals surface area contributed by atoms with Crippen molar-refractivity contribution in [3.8, 4) is 5.69 Å². The van der Waals surface area contributed by atoms with Crippen molar-refractivity contribution in [3.05, 3.63) is 35.2 Å². The number of aryl methyl sites for hydroxylation is 1. The Balaban J connectivity index is 2.74. The molecule has 6 nitrogen and oxygen atoms in total. The van der Waals surface area contributed by atoms with Gasteiger partial charge in [-0.15, -0.1) is 5.10 Å². The highest BCUT2D eigenvalue weighted by atomic mass is 16.4. The van der Waals surface area contributed by atoms with Crippen LogP contribution in [0.15, 0.2) is 18.5 Å². The first-order valence-corrected chi connectivity index (χ1v) is 4.68. The molecular weight excluding hydrogens is 208 g/mol. The highest BCUT2D eigenvalue weighted by Crippen LogP contribution is 2.21. The lowest BCUT2D eigenvalue weighted by molar-refractivity contribution is 0.0696. The number of carbonyl (C=O) groups is 1. The largest absolute Gasteiger partial charge is 0.478 e. The Morgan fingerprint density at radius 1 is 1.38 bits per heavy atom. The van der Waals surface area contributed by atoms with E-state index in [0.29, 0.717) is 5.69 Å². The average Bonchev–Trinajstić information content (AvgIpc) is 2.74. The molecule has 82 valence electrons. The summed E-state index contributed by atoms with van der Waals surface area (Å²) < 4.78 is 1.37. The number of rotatable bonds is 2. The topological polar surface area (TPSA) is 80.9 Å². The number of hydrogen-bond acceptors (Lipinski definition) is 4. The van der Waals surface area contributed by atoms with Gasteiger partial charge in [0.15, 0.2) is 0 Å². The fraction of sp³-hybridized carbons (Fsp3) is 0.200. The van der Waals surface area contributed by atoms with Crippen molar-refractivity contribution in [2.24, 2.45) is 0 Å². The molecule has 2 rings (SSSR count). The first-order chi connectivity index (χ1) is 7.61. The van der Waals surface area contributed by atoms with Gasteiger partial charge in [0, 0.05) is 0 Å². The van der Waals surface area contributed by atoms with E-state index in [1.807, 2.05) is 13.8 Å². The molecular formula is C10H10N4O2. The van der Waals surface area contributed by atoms with E-state index < -0.39 is 5.97 Å². The van der Waals surface area contributed by atoms with E-state index in [0.717, 1.165) is 11.1 Å². The minimum absolute atomic E-state index is 0.190. The van der Waals surface area contributed by atoms with Gasteiger partial charge in [-0.1, -0.05) is 6.07 Å². The highest BCUT2D eigenvalue weighted by molar-refractivity contribution is 5.92. The predicted molar refractivity (Wildman–Crippen MR) is 55.6 cm³/mol. The number of aromatic carboxylic acids is 1. The summed E-state index contributed by atoms with van der Waals surface area (Å²) in [7, 11) is 0. The van der Waals surface area contributed by atoms with Crippen LogP contribution in [-0.4, -0.2) is 31.3 Å². The number of benzene rings is 1. The fourth-order valence-electron chi connectivity index (χ4n) is 1.53. The van der Waals surface area contributed by atoms with Crippen LogP contribution in [0.1, 0.15) is 21.5 Å². The highest BCUT2D eigenvalue weighted by Gasteiger charge is 2.16. The molecule has 0 radical (unpaired) electrons. The van der Waals surface area contributed by atoms with Crippen molar-refractivity contribution in [2.75, 3.05) is 0 Å². The van der Waals surface area contributed by atoms with E-state index in [2.05, 4.69) is 15.5 Å². The summed E-state index contributed by atoms with van der Waals surface area (Å²) in [5.74, 6) is -0.992. The monoisotopic (exact) mass is 218 g/mol. The van der Waals surface area contributed by atoms with Crippen molar-refractivity contribution in [1.29, 1.82) is 0 Å². The van der Waals surface area contributed by atoms with Gasteiger partial charge in [-0.05, 0) is 41.5 Å². The first-order valence-electron chi connectivity index (χ1n) is 4.68. The maximum absolute atomic E-state index is 11.1. The zero-order valence-corrected chi connectivity index (χ0v) is 8.88. The zero-order valence-electron chi connectivity index (χ0n) is 8.88. The van der Waals surface area contributed by atoms with Gasteiger partial charge in [-0.3, -0.25) is 0 Å². The van der Waals surface area contributed by atoms with E-state index in [-0.39, 0.29) is 5.56 Å². The van der Waals surface area contributed by atoms with Gasteiger partial charge in [0.2, 0.25) is 0 Å². The Morgan fingerprint density at radius 3 is 2.69 bits per heavy atom. The van der Waals surface area contributed by atoms with E-state index in [4.69, 9.17) is 5.11 Å². The van der Waals surface area contributed by atoms with Crippen molar-refractivity contribution in [3.63, 3.8) is 0 Å². The summed E-state index contributed by atoms with van der Waals surface area (Å²) in [6.07, 6.45) is 1.38. The van der Waals surface area contributed by atoms with Crippen LogP contribution < -0.4 is 0 Å². The van der Waals surface area contributed by atoms with E-state index in [1.165, 1.54) is 11.0 Å². The molecule has 0 aliphatic rings. The van der Waals surface area contributed by atoms with Crippen LogP contribution in [-0.2, 0) is 0 Å². The number of aromatic nitrogens is 4. The number of carboxylic acid groups (broad SMARTS) is 1. The molecule has 0 amide bonds. The molecule has 1 aromatic heterocycles. The van der Waals surface area contributed by atoms with Crippen LogP contribution in [0.4, 0.5) is 0 Å². The summed E-state index contributed by atoms with van der Waals surface area (Å²) >= 11 is 0. The zero-order chi connectivity index (χ0) is 11.7. The van der Waals surface area contributed by atoms with Gasteiger partial charge in [0.25, 0.3) is 0 Å². The molecule has 0 saturated heterocycles. The van der Waals surface area contributed by atoms with Crippen molar-refractivity contribution in [1.82, 2.24) is 20.2 Å². The Kier molecular flexibility index (Phi) is 2.40. The predicted octanol–water partition coefficient (Wildman–Crippen LogP) is 0.977. The normalized spacial score (nSPS) is 10.4. The Labute approximate surface area is 91.5 Å². The summed E-state index contributed by atoms with van der Waals surface area (Å²) in [4.78, 5) is 11.1. The lowest BCUT2D eigenvalue weighted by atomic mass is 10.0. The number of carboxylic acids is 1. The SMILES string of the molecule is Cc1ccc(C(=O)O)c(-n2cnnn2)c1C. The molecule has 0 saturated carbocycles. The van der Waals surface area contributed by atoms with Gasteiger partial charge in [-0.25, -0.2) is 4.79 Å². The summed E-state index contributed by atoms with van der Waals surface area (Å²) in [5, 5.41) is 19.8. The van der Waals surface area contributed by atoms with Crippen molar-refractivity contribution >= 4 is 5.97 Å². The lowest BCUT2D eigenvalue weighted by Crippen LogP contribution is -2.09. The van der Waals surface area contributed by atoms with E-state index >= 15 is 0 Å². The number of hydrogen-bond donors (Lipinski definition) is 1. The molecule has 1 aromatic carbocycles. The van der Waals surface area contributed by atoms with Crippen LogP contribution in [0, 0.1) is 13.8 Å². The van der Waals surface area contributed by atoms with Crippen LogP contribution in [0.25, 0.3) is 5.69 Å². The van der Waals surface area contributed by atoms with Crippen molar-refractivity contribution in [2.45, 2.75) is 13.8 Å². The number of tetrazole rings is 1. The van der Waals surface area contributed by atoms with Gasteiger partial charge < -0.3 is 5.11 Å². The Hall–Kier alpha value is -2.24. The summed E-state index contributed by atoms with van der Waals surface area (Å²) in [6.45, 7) is 3.76. The average molecular weight is 218 g/mol. The Bertz CT molecular complexity index is 534. The lowest BCUT2D eigenvalue weighted by Gasteiger charge is -2.10. The van der Waals surface area contributed by atoms with Gasteiger partial charge in [-0.2, -0.15) is 4.68 Å². The molecule has 2 aromatic rings. The van der Waals surface area contributed by atoms with E-state index in [9.17, 15) is 4.79 Å². The van der Waals surface area contributed by atoms with Crippen molar-refractivity contribution < 1.29 is 9.90 Å². The second-order valence-electron chi connectivity index (χ2n) is 3.46. The van der Waals surface area contributed by atoms with Crippen LogP contribution in [0.2, 0.25) is 0 Å². The molecule has 1 N–H and O–H groups in total. The number of nitrogens with zero attached hydrogens (tertiary/aromatic N) is 4. The molecule has 16 heavy (non-hydrogen) atoms. The summed E-state index contributed by atoms with van der Waals surface area (Å²) in [5.41, 5.74) is 2.55. The maximum Gasteiger partial charge on any atom is 0.337 e. The molecule has 0 aliphatic heterocycles. The van der Waals surface area contributed by atoms with Gasteiger partial charge in [0.05, 0.1) is 11.3 Å². The minimum Gasteiger partial charge on any atom is -0.478 e. The molecule has 0 fully saturated rings. The van der Waals surface area contributed by atoms with Crippen LogP contribution in [0.3, 0.4) is 0 Å². The van der Waals surface area contributed by atoms with Gasteiger partial charge in [0.1, 0.15) is 6.33 Å². The third kappa shape index (κ3) is 1.54. The third-order valence-electron chi connectivity index (χ3n) is 2.51. The van der Waals surface area contributed by atoms with Crippen LogP contribution in [0.5, 0.6) is 0 Å². The standard InChI is InChI=1S/C10H10N4O2/c1-6-3-4-8(10(15)16)9(7(6)2)14-5-11-12-13-14/h3-5H,1-2H3,(H,15,16). The molecule has 0 bridgehead atoms. The fourth-order valence-corrected chi connectivity index (χ4v) is 1.53. The first kappa shape index (κ1) is 10.3. The molecule has 6 heteroatoms. The van der Waals surface area contributed by atoms with Crippen LogP contribution >= 0.6 is 0 Å². The molecule has 0 unspecified atom stereocenters. The Morgan fingerprint density at radius 2 is 2.12 bits per heavy atom. The molecule has 0 aliphatic carbocycles. The summed E-state index contributed by atoms with van der Waals surface area (Å²) in [6, 6.07) is 3.33. The molecule has 0 spiro atoms. The second-order valence-corrected chi connectivity index (χ2v) is 3.46. The van der Waals surface area contributed by atoms with E-state index in [1.54, 1.807) is 12.1 Å². The minimum atomic E-state index is -0.992. The maximum atomic E-state index is 11.1. The van der Waals surface area contributed by atoms with Gasteiger partial charge >= 0.3 is 5.97 Å². The quantitative estimate of drug-likeness (QED) is 0.812. The molecule has 0 atom stereocenters. The smallest absolute Gasteiger partial charge is 0.337 e. The third-order valence-corrected chi connectivity index (χ3v) is 2.51.